The second kappa shape index (κ2) is 6.41. The molecule has 0 unspecified atom stereocenters. The molecule has 0 radical (unpaired) electrons. The SMILES string of the molecule is NC(=O)[C@]1(c2nc(-c3ccc(Cl)cc3)cs2)O[C@@H]1c1ccccc1[N+](=O)[O-]. The zero-order valence-electron chi connectivity index (χ0n) is 13.7. The Morgan fingerprint density at radius 1 is 1.26 bits per heavy atom. The molecule has 3 aromatic rings. The van der Waals surface area contributed by atoms with Crippen molar-refractivity contribution >= 4 is 34.5 Å². The van der Waals surface area contributed by atoms with Gasteiger partial charge < -0.3 is 10.5 Å². The highest BCUT2D eigenvalue weighted by atomic mass is 35.5. The van der Waals surface area contributed by atoms with Crippen molar-refractivity contribution in [2.75, 3.05) is 0 Å². The van der Waals surface area contributed by atoms with Gasteiger partial charge in [0.05, 0.1) is 16.2 Å². The average molecular weight is 402 g/mol. The highest BCUT2D eigenvalue weighted by Gasteiger charge is 2.67. The molecule has 0 spiro atoms. The van der Waals surface area contributed by atoms with Crippen LogP contribution in [0.1, 0.15) is 16.7 Å². The van der Waals surface area contributed by atoms with E-state index in [0.29, 0.717) is 21.3 Å². The molecule has 0 saturated carbocycles. The first-order valence-electron chi connectivity index (χ1n) is 7.86. The summed E-state index contributed by atoms with van der Waals surface area (Å²) in [5, 5.41) is 14.0. The minimum Gasteiger partial charge on any atom is -0.367 e. The van der Waals surface area contributed by atoms with Crippen molar-refractivity contribution in [2.45, 2.75) is 11.7 Å². The zero-order valence-corrected chi connectivity index (χ0v) is 15.2. The summed E-state index contributed by atoms with van der Waals surface area (Å²) in [7, 11) is 0. The average Bonchev–Trinajstić information content (AvgIpc) is 3.23. The second-order valence-electron chi connectivity index (χ2n) is 5.96. The van der Waals surface area contributed by atoms with E-state index in [1.165, 1.54) is 17.4 Å². The molecule has 27 heavy (non-hydrogen) atoms. The lowest BCUT2D eigenvalue weighted by Gasteiger charge is -2.06. The predicted octanol–water partition coefficient (Wildman–Crippen LogP) is 3.82. The number of hydrogen-bond donors (Lipinski definition) is 1. The predicted molar refractivity (Wildman–Crippen MR) is 100 cm³/mol. The summed E-state index contributed by atoms with van der Waals surface area (Å²) < 4.78 is 5.65. The second-order valence-corrected chi connectivity index (χ2v) is 7.25. The molecule has 1 aliphatic heterocycles. The fourth-order valence-electron chi connectivity index (χ4n) is 2.96. The summed E-state index contributed by atoms with van der Waals surface area (Å²) in [5.41, 5.74) is 5.74. The van der Waals surface area contributed by atoms with Crippen molar-refractivity contribution in [1.29, 1.82) is 0 Å². The zero-order chi connectivity index (χ0) is 19.2. The summed E-state index contributed by atoms with van der Waals surface area (Å²) in [6.45, 7) is 0. The maximum atomic E-state index is 12.2. The molecule has 4 rings (SSSR count). The van der Waals surface area contributed by atoms with Crippen LogP contribution in [-0.4, -0.2) is 15.8 Å². The van der Waals surface area contributed by atoms with Crippen molar-refractivity contribution in [1.82, 2.24) is 4.98 Å². The minimum absolute atomic E-state index is 0.125. The smallest absolute Gasteiger partial charge is 0.275 e. The van der Waals surface area contributed by atoms with Crippen LogP contribution in [0.3, 0.4) is 0 Å². The fraction of sp³-hybridized carbons (Fsp3) is 0.111. The number of halogens is 1. The maximum Gasteiger partial charge on any atom is 0.275 e. The highest BCUT2D eigenvalue weighted by Crippen LogP contribution is 2.59. The molecule has 2 aromatic carbocycles. The Balaban J connectivity index is 1.73. The van der Waals surface area contributed by atoms with Gasteiger partial charge in [-0.1, -0.05) is 35.9 Å². The third kappa shape index (κ3) is 2.87. The molecule has 1 aromatic heterocycles. The number of nitro benzene ring substituents is 1. The Morgan fingerprint density at radius 2 is 1.96 bits per heavy atom. The molecule has 1 saturated heterocycles. The monoisotopic (exact) mass is 401 g/mol. The molecule has 2 N–H and O–H groups in total. The number of para-hydroxylation sites is 1. The van der Waals surface area contributed by atoms with Gasteiger partial charge >= 0.3 is 0 Å². The number of rotatable bonds is 5. The van der Waals surface area contributed by atoms with E-state index in [9.17, 15) is 14.9 Å². The first-order valence-corrected chi connectivity index (χ1v) is 9.12. The minimum atomic E-state index is -1.50. The van der Waals surface area contributed by atoms with Gasteiger partial charge in [-0.2, -0.15) is 0 Å². The largest absolute Gasteiger partial charge is 0.367 e. The highest BCUT2D eigenvalue weighted by molar-refractivity contribution is 7.10. The summed E-state index contributed by atoms with van der Waals surface area (Å²) in [5.74, 6) is -0.734. The van der Waals surface area contributed by atoms with Gasteiger partial charge in [0.1, 0.15) is 11.1 Å². The number of nitro groups is 1. The molecule has 2 atom stereocenters. The van der Waals surface area contributed by atoms with E-state index in [-0.39, 0.29) is 5.69 Å². The van der Waals surface area contributed by atoms with Gasteiger partial charge in [0.2, 0.25) is 5.60 Å². The lowest BCUT2D eigenvalue weighted by Crippen LogP contribution is -2.30. The van der Waals surface area contributed by atoms with Crippen LogP contribution in [0.25, 0.3) is 11.3 Å². The van der Waals surface area contributed by atoms with Crippen LogP contribution < -0.4 is 5.73 Å². The van der Waals surface area contributed by atoms with Gasteiger partial charge in [0.15, 0.2) is 0 Å². The summed E-state index contributed by atoms with van der Waals surface area (Å²) in [6.07, 6.45) is -0.846. The van der Waals surface area contributed by atoms with Crippen molar-refractivity contribution in [3.63, 3.8) is 0 Å². The van der Waals surface area contributed by atoms with Crippen molar-refractivity contribution < 1.29 is 14.5 Å². The number of primary amides is 1. The molecule has 1 amide bonds. The number of nitrogens with zero attached hydrogens (tertiary/aromatic N) is 2. The third-order valence-electron chi connectivity index (χ3n) is 4.36. The number of carbonyl (C=O) groups excluding carboxylic acids is 1. The first kappa shape index (κ1) is 17.6. The van der Waals surface area contributed by atoms with Gasteiger partial charge in [-0.3, -0.25) is 14.9 Å². The van der Waals surface area contributed by atoms with E-state index in [0.717, 1.165) is 5.56 Å². The standard InChI is InChI=1S/C18H12ClN3O4S/c19-11-7-5-10(6-8-11)13-9-27-17(21-13)18(16(20)23)15(26-18)12-3-1-2-4-14(12)22(24)25/h1-9,15H,(H2,20,23)/t15-,18-/m1/s1. The Kier molecular flexibility index (Phi) is 4.18. The molecule has 0 bridgehead atoms. The van der Waals surface area contributed by atoms with E-state index in [1.54, 1.807) is 35.7 Å². The van der Waals surface area contributed by atoms with E-state index in [2.05, 4.69) is 4.98 Å². The van der Waals surface area contributed by atoms with E-state index < -0.39 is 22.5 Å². The molecule has 1 fully saturated rings. The van der Waals surface area contributed by atoms with E-state index >= 15 is 0 Å². The Labute approximate surface area is 162 Å². The summed E-state index contributed by atoms with van der Waals surface area (Å²) in [4.78, 5) is 27.5. The number of amides is 1. The molecule has 2 heterocycles. The van der Waals surface area contributed by atoms with Crippen LogP contribution in [0.4, 0.5) is 5.69 Å². The molecule has 136 valence electrons. The maximum absolute atomic E-state index is 12.2. The third-order valence-corrected chi connectivity index (χ3v) is 5.57. The van der Waals surface area contributed by atoms with Crippen LogP contribution in [-0.2, 0) is 15.1 Å². The molecule has 7 nitrogen and oxygen atoms in total. The first-order chi connectivity index (χ1) is 12.9. The van der Waals surface area contributed by atoms with Crippen LogP contribution in [0, 0.1) is 10.1 Å². The van der Waals surface area contributed by atoms with Gasteiger partial charge in [0, 0.05) is 22.0 Å². The Hall–Kier alpha value is -2.81. The lowest BCUT2D eigenvalue weighted by atomic mass is 9.98. The summed E-state index contributed by atoms with van der Waals surface area (Å²) >= 11 is 7.12. The van der Waals surface area contributed by atoms with Crippen LogP contribution in [0.2, 0.25) is 5.02 Å². The molecule has 9 heteroatoms. The normalized spacial score (nSPS) is 21.0. The number of thiazole rings is 1. The van der Waals surface area contributed by atoms with Crippen LogP contribution in [0.5, 0.6) is 0 Å². The van der Waals surface area contributed by atoms with E-state index in [4.69, 9.17) is 22.1 Å². The number of aromatic nitrogens is 1. The number of epoxide rings is 1. The molecule has 1 aliphatic rings. The number of benzene rings is 2. The molecule has 0 aliphatic carbocycles. The number of ether oxygens (including phenoxy) is 1. The number of nitrogens with two attached hydrogens (primary N) is 1. The quantitative estimate of drug-likeness (QED) is 0.396. The van der Waals surface area contributed by atoms with Gasteiger partial charge in [-0.25, -0.2) is 4.98 Å². The topological polar surface area (TPSA) is 112 Å². The van der Waals surface area contributed by atoms with Crippen molar-refractivity contribution in [3.05, 3.63) is 79.6 Å². The van der Waals surface area contributed by atoms with Crippen LogP contribution in [0.15, 0.2) is 53.9 Å². The Morgan fingerprint density at radius 3 is 2.63 bits per heavy atom. The van der Waals surface area contributed by atoms with Crippen molar-refractivity contribution in [2.24, 2.45) is 5.73 Å². The van der Waals surface area contributed by atoms with Crippen molar-refractivity contribution in [3.8, 4) is 11.3 Å². The van der Waals surface area contributed by atoms with Gasteiger partial charge in [0.25, 0.3) is 11.6 Å². The lowest BCUT2D eigenvalue weighted by molar-refractivity contribution is -0.385. The Bertz CT molecular complexity index is 1050. The number of hydrogen-bond acceptors (Lipinski definition) is 6. The molecular weight excluding hydrogens is 390 g/mol. The van der Waals surface area contributed by atoms with E-state index in [1.807, 2.05) is 12.1 Å². The van der Waals surface area contributed by atoms with Gasteiger partial charge in [-0.05, 0) is 18.2 Å². The van der Waals surface area contributed by atoms with Crippen LogP contribution >= 0.6 is 22.9 Å². The summed E-state index contributed by atoms with van der Waals surface area (Å²) in [6, 6.07) is 13.2. The fourth-order valence-corrected chi connectivity index (χ4v) is 4.08. The molecular formula is C18H12ClN3O4S. The number of carbonyl (C=O) groups is 1. The van der Waals surface area contributed by atoms with Gasteiger partial charge in [-0.15, -0.1) is 11.3 Å².